The van der Waals surface area contributed by atoms with Gasteiger partial charge < -0.3 is 9.64 Å². The van der Waals surface area contributed by atoms with E-state index in [0.717, 1.165) is 25.7 Å². The smallest absolute Gasteiger partial charge is 0.338 e. The van der Waals surface area contributed by atoms with Crippen LogP contribution in [-0.2, 0) is 19.6 Å². The van der Waals surface area contributed by atoms with Crippen molar-refractivity contribution in [1.82, 2.24) is 9.21 Å². The predicted molar refractivity (Wildman–Crippen MR) is 99.7 cm³/mol. The fourth-order valence-corrected chi connectivity index (χ4v) is 5.30. The molecular formula is C19H26N2O5S. The molecule has 2 heterocycles. The predicted octanol–water partition coefficient (Wildman–Crippen LogP) is 2.03. The zero-order valence-corrected chi connectivity index (χ0v) is 16.4. The fraction of sp³-hybridized carbons (Fsp3) is 0.579. The van der Waals surface area contributed by atoms with Crippen LogP contribution < -0.4 is 0 Å². The van der Waals surface area contributed by atoms with Crippen LogP contribution >= 0.6 is 0 Å². The lowest BCUT2D eigenvalue weighted by Crippen LogP contribution is -2.41. The second-order valence-corrected chi connectivity index (χ2v) is 9.00. The van der Waals surface area contributed by atoms with E-state index < -0.39 is 16.0 Å². The SMILES string of the molecule is CC1CCCCN1S(=O)(=O)c1ccc(C(=O)OCCN2CCCC2=O)cc1. The van der Waals surface area contributed by atoms with E-state index in [1.165, 1.54) is 28.6 Å². The highest BCUT2D eigenvalue weighted by atomic mass is 32.2. The molecule has 2 aliphatic rings. The van der Waals surface area contributed by atoms with E-state index in [4.69, 9.17) is 4.74 Å². The summed E-state index contributed by atoms with van der Waals surface area (Å²) in [5.74, 6) is -0.426. The summed E-state index contributed by atoms with van der Waals surface area (Å²) in [6, 6.07) is 5.85. The van der Waals surface area contributed by atoms with Crippen molar-refractivity contribution in [3.8, 4) is 0 Å². The molecule has 1 aromatic rings. The van der Waals surface area contributed by atoms with Crippen LogP contribution in [0.2, 0.25) is 0 Å². The highest BCUT2D eigenvalue weighted by molar-refractivity contribution is 7.89. The Bertz CT molecular complexity index is 791. The zero-order chi connectivity index (χ0) is 19.4. The van der Waals surface area contributed by atoms with Crippen LogP contribution in [0.4, 0.5) is 0 Å². The largest absolute Gasteiger partial charge is 0.460 e. The summed E-state index contributed by atoms with van der Waals surface area (Å²) in [4.78, 5) is 25.5. The first-order chi connectivity index (χ1) is 12.9. The molecule has 1 aromatic carbocycles. The Morgan fingerprint density at radius 3 is 2.52 bits per heavy atom. The zero-order valence-electron chi connectivity index (χ0n) is 15.6. The second-order valence-electron chi connectivity index (χ2n) is 7.11. The number of rotatable bonds is 6. The van der Waals surface area contributed by atoms with Crippen LogP contribution in [0.15, 0.2) is 29.2 Å². The summed E-state index contributed by atoms with van der Waals surface area (Å²) < 4.78 is 32.3. The lowest BCUT2D eigenvalue weighted by atomic mass is 10.1. The van der Waals surface area contributed by atoms with Crippen molar-refractivity contribution in [2.45, 2.75) is 50.0 Å². The standard InChI is InChI=1S/C19H26N2O5S/c1-15-5-2-3-12-21(15)27(24,25)17-9-7-16(8-10-17)19(23)26-14-13-20-11-4-6-18(20)22/h7-10,15H,2-6,11-14H2,1H3. The number of likely N-dealkylation sites (tertiary alicyclic amines) is 1. The molecule has 8 heteroatoms. The minimum absolute atomic E-state index is 0.0123. The number of esters is 1. The lowest BCUT2D eigenvalue weighted by molar-refractivity contribution is -0.128. The van der Waals surface area contributed by atoms with Gasteiger partial charge in [-0.05, 0) is 50.5 Å². The highest BCUT2D eigenvalue weighted by Crippen LogP contribution is 2.25. The first kappa shape index (κ1) is 19.8. The van der Waals surface area contributed by atoms with Crippen molar-refractivity contribution in [1.29, 1.82) is 0 Å². The molecule has 0 radical (unpaired) electrons. The summed E-state index contributed by atoms with van der Waals surface area (Å²) >= 11 is 0. The number of ether oxygens (including phenoxy) is 1. The van der Waals surface area contributed by atoms with Crippen molar-refractivity contribution < 1.29 is 22.7 Å². The molecule has 0 N–H and O–H groups in total. The number of hydrogen-bond acceptors (Lipinski definition) is 5. The Morgan fingerprint density at radius 1 is 1.15 bits per heavy atom. The maximum atomic E-state index is 12.8. The summed E-state index contributed by atoms with van der Waals surface area (Å²) in [6.45, 7) is 3.69. The molecule has 7 nitrogen and oxygen atoms in total. The van der Waals surface area contributed by atoms with Crippen molar-refractivity contribution in [3.63, 3.8) is 0 Å². The van der Waals surface area contributed by atoms with Gasteiger partial charge in [0.25, 0.3) is 0 Å². The minimum Gasteiger partial charge on any atom is -0.460 e. The van der Waals surface area contributed by atoms with E-state index in [9.17, 15) is 18.0 Å². The van der Waals surface area contributed by atoms with Crippen molar-refractivity contribution in [3.05, 3.63) is 29.8 Å². The molecular weight excluding hydrogens is 368 g/mol. The second kappa shape index (κ2) is 8.39. The van der Waals surface area contributed by atoms with Crippen molar-refractivity contribution in [2.75, 3.05) is 26.2 Å². The van der Waals surface area contributed by atoms with E-state index in [-0.39, 0.29) is 23.5 Å². The van der Waals surface area contributed by atoms with Gasteiger partial charge in [0.15, 0.2) is 0 Å². The molecule has 2 fully saturated rings. The van der Waals surface area contributed by atoms with Crippen molar-refractivity contribution >= 4 is 21.9 Å². The van der Waals surface area contributed by atoms with Crippen LogP contribution in [0.3, 0.4) is 0 Å². The quantitative estimate of drug-likeness (QED) is 0.690. The number of piperidine rings is 1. The molecule has 1 amide bonds. The van der Waals surface area contributed by atoms with Gasteiger partial charge in [-0.3, -0.25) is 4.79 Å². The van der Waals surface area contributed by atoms with E-state index in [0.29, 0.717) is 31.6 Å². The third-order valence-corrected chi connectivity index (χ3v) is 7.23. The molecule has 1 unspecified atom stereocenters. The minimum atomic E-state index is -3.55. The Balaban J connectivity index is 1.59. The Morgan fingerprint density at radius 2 is 1.89 bits per heavy atom. The molecule has 0 bridgehead atoms. The van der Waals surface area contributed by atoms with E-state index >= 15 is 0 Å². The topological polar surface area (TPSA) is 84.0 Å². The molecule has 1 atom stereocenters. The van der Waals surface area contributed by atoms with Crippen LogP contribution in [0, 0.1) is 0 Å². The molecule has 0 aromatic heterocycles. The summed E-state index contributed by atoms with van der Waals surface area (Å²) in [7, 11) is -3.55. The Kier molecular flexibility index (Phi) is 6.16. The summed E-state index contributed by atoms with van der Waals surface area (Å²) in [6.07, 6.45) is 4.18. The van der Waals surface area contributed by atoms with Crippen LogP contribution in [0.5, 0.6) is 0 Å². The van der Waals surface area contributed by atoms with Gasteiger partial charge >= 0.3 is 5.97 Å². The molecule has 0 spiro atoms. The fourth-order valence-electron chi connectivity index (χ4n) is 3.60. The number of sulfonamides is 1. The number of nitrogens with zero attached hydrogens (tertiary/aromatic N) is 2. The van der Waals surface area contributed by atoms with Gasteiger partial charge in [0.05, 0.1) is 17.0 Å². The average Bonchev–Trinajstić information content (AvgIpc) is 3.07. The highest BCUT2D eigenvalue weighted by Gasteiger charge is 2.31. The first-order valence-corrected chi connectivity index (χ1v) is 10.9. The molecule has 27 heavy (non-hydrogen) atoms. The number of amides is 1. The van der Waals surface area contributed by atoms with Gasteiger partial charge in [-0.2, -0.15) is 4.31 Å². The number of hydrogen-bond donors (Lipinski definition) is 0. The molecule has 2 aliphatic heterocycles. The maximum Gasteiger partial charge on any atom is 0.338 e. The van der Waals surface area contributed by atoms with Gasteiger partial charge in [0, 0.05) is 25.6 Å². The molecule has 3 rings (SSSR count). The maximum absolute atomic E-state index is 12.8. The molecule has 0 saturated carbocycles. The Labute approximate surface area is 160 Å². The van der Waals surface area contributed by atoms with Crippen LogP contribution in [-0.4, -0.2) is 61.8 Å². The van der Waals surface area contributed by atoms with E-state index in [1.807, 2.05) is 6.92 Å². The molecule has 2 saturated heterocycles. The monoisotopic (exact) mass is 394 g/mol. The van der Waals surface area contributed by atoms with Crippen LogP contribution in [0.25, 0.3) is 0 Å². The van der Waals surface area contributed by atoms with E-state index in [1.54, 1.807) is 4.90 Å². The molecule has 148 valence electrons. The van der Waals surface area contributed by atoms with Gasteiger partial charge in [0.2, 0.25) is 15.9 Å². The third-order valence-electron chi connectivity index (χ3n) is 5.20. The number of carbonyl (C=O) groups is 2. The van der Waals surface area contributed by atoms with Gasteiger partial charge in [-0.15, -0.1) is 0 Å². The lowest BCUT2D eigenvalue weighted by Gasteiger charge is -2.32. The number of benzene rings is 1. The number of carbonyl (C=O) groups excluding carboxylic acids is 2. The first-order valence-electron chi connectivity index (χ1n) is 9.46. The average molecular weight is 394 g/mol. The summed E-state index contributed by atoms with van der Waals surface area (Å²) in [5.41, 5.74) is 0.299. The van der Waals surface area contributed by atoms with Crippen LogP contribution in [0.1, 0.15) is 49.4 Å². The van der Waals surface area contributed by atoms with E-state index in [2.05, 4.69) is 0 Å². The summed E-state index contributed by atoms with van der Waals surface area (Å²) in [5, 5.41) is 0. The molecule has 0 aliphatic carbocycles. The normalized spacial score (nSPS) is 21.4. The van der Waals surface area contributed by atoms with Gasteiger partial charge in [-0.1, -0.05) is 6.42 Å². The Hall–Kier alpha value is -1.93. The van der Waals surface area contributed by atoms with Gasteiger partial charge in [-0.25, -0.2) is 13.2 Å². The third kappa shape index (κ3) is 4.50. The van der Waals surface area contributed by atoms with Crippen molar-refractivity contribution in [2.24, 2.45) is 0 Å². The van der Waals surface area contributed by atoms with Gasteiger partial charge in [0.1, 0.15) is 6.61 Å².